The molecule has 0 spiro atoms. The number of anilines is 1. The fourth-order valence-corrected chi connectivity index (χ4v) is 3.22. The average Bonchev–Trinajstić information content (AvgIpc) is 3.10. The topological polar surface area (TPSA) is 38.1 Å². The largest absolute Gasteiger partial charge is 0.465 e. The van der Waals surface area contributed by atoms with Gasteiger partial charge in [0.1, 0.15) is 17.3 Å². The highest BCUT2D eigenvalue weighted by Crippen LogP contribution is 2.21. The summed E-state index contributed by atoms with van der Waals surface area (Å²) in [6.07, 6.45) is 2.05. The van der Waals surface area contributed by atoms with E-state index in [1.54, 1.807) is 0 Å². The second-order valence-corrected chi connectivity index (χ2v) is 6.53. The van der Waals surface area contributed by atoms with Gasteiger partial charge in [-0.05, 0) is 61.2 Å². The first kappa shape index (κ1) is 16.4. The molecule has 4 rings (SSSR count). The number of rotatable bonds is 6. The first-order valence-electron chi connectivity index (χ1n) is 9.00. The minimum absolute atomic E-state index is 0.639. The molecule has 2 heterocycles. The van der Waals surface area contributed by atoms with Gasteiger partial charge in [-0.2, -0.15) is 0 Å². The molecule has 1 N–H and O–H groups in total. The van der Waals surface area contributed by atoms with Crippen LogP contribution >= 0.6 is 0 Å². The highest BCUT2D eigenvalue weighted by molar-refractivity contribution is 5.83. The number of pyridine rings is 1. The summed E-state index contributed by atoms with van der Waals surface area (Å²) < 4.78 is 5.60. The number of fused-ring (bicyclic) bond motifs is 1. The molecular weight excluding hydrogens is 320 g/mol. The van der Waals surface area contributed by atoms with Gasteiger partial charge in [0.2, 0.25) is 0 Å². The van der Waals surface area contributed by atoms with Crippen molar-refractivity contribution in [2.75, 3.05) is 5.32 Å². The van der Waals surface area contributed by atoms with E-state index in [4.69, 9.17) is 9.40 Å². The molecule has 0 aliphatic heterocycles. The van der Waals surface area contributed by atoms with E-state index in [-0.39, 0.29) is 0 Å². The van der Waals surface area contributed by atoms with E-state index in [1.807, 2.05) is 25.1 Å². The maximum absolute atomic E-state index is 5.60. The number of aryl methyl sites for hydroxylation is 3. The first-order chi connectivity index (χ1) is 12.8. The Kier molecular flexibility index (Phi) is 4.69. The molecule has 0 fully saturated rings. The summed E-state index contributed by atoms with van der Waals surface area (Å²) in [6, 6.07) is 25.2. The molecule has 0 radical (unpaired) electrons. The van der Waals surface area contributed by atoms with Crippen LogP contribution in [0.15, 0.2) is 77.2 Å². The van der Waals surface area contributed by atoms with E-state index in [2.05, 4.69) is 59.9 Å². The molecule has 0 saturated carbocycles. The van der Waals surface area contributed by atoms with Gasteiger partial charge in [-0.15, -0.1) is 0 Å². The van der Waals surface area contributed by atoms with Gasteiger partial charge >= 0.3 is 0 Å². The zero-order chi connectivity index (χ0) is 17.8. The maximum Gasteiger partial charge on any atom is 0.127 e. The summed E-state index contributed by atoms with van der Waals surface area (Å²) >= 11 is 0. The standard InChI is InChI=1S/C23H22N2O/c1-17-10-13-20(26-17)16-24-23-15-14-21-19(8-5-9-22(21)25-23)12-11-18-6-3-2-4-7-18/h2-10,13-15H,11-12,16H2,1H3,(H,24,25). The Morgan fingerprint density at radius 2 is 1.73 bits per heavy atom. The number of benzene rings is 2. The molecule has 0 amide bonds. The fourth-order valence-electron chi connectivity index (χ4n) is 3.22. The van der Waals surface area contributed by atoms with Crippen LogP contribution in [0.25, 0.3) is 10.9 Å². The van der Waals surface area contributed by atoms with Crippen molar-refractivity contribution in [1.82, 2.24) is 4.98 Å². The second kappa shape index (κ2) is 7.44. The summed E-state index contributed by atoms with van der Waals surface area (Å²) in [4.78, 5) is 4.76. The average molecular weight is 342 g/mol. The SMILES string of the molecule is Cc1ccc(CNc2ccc3c(CCc4ccccc4)cccc3n2)o1. The Bertz CT molecular complexity index is 1010. The maximum atomic E-state index is 5.60. The van der Waals surface area contributed by atoms with Crippen molar-refractivity contribution in [2.45, 2.75) is 26.3 Å². The van der Waals surface area contributed by atoms with Gasteiger partial charge in [0.15, 0.2) is 0 Å². The minimum Gasteiger partial charge on any atom is -0.465 e. The molecule has 0 saturated heterocycles. The summed E-state index contributed by atoms with van der Waals surface area (Å²) in [7, 11) is 0. The lowest BCUT2D eigenvalue weighted by Gasteiger charge is -2.09. The van der Waals surface area contributed by atoms with Crippen LogP contribution in [0.3, 0.4) is 0 Å². The third kappa shape index (κ3) is 3.77. The summed E-state index contributed by atoms with van der Waals surface area (Å²) in [5.74, 6) is 2.71. The van der Waals surface area contributed by atoms with Gasteiger partial charge in [-0.1, -0.05) is 42.5 Å². The smallest absolute Gasteiger partial charge is 0.127 e. The number of nitrogens with one attached hydrogen (secondary N) is 1. The van der Waals surface area contributed by atoms with Gasteiger partial charge < -0.3 is 9.73 Å². The Morgan fingerprint density at radius 1 is 0.846 bits per heavy atom. The summed E-state index contributed by atoms with van der Waals surface area (Å²) in [5, 5.41) is 4.56. The van der Waals surface area contributed by atoms with Crippen molar-refractivity contribution in [2.24, 2.45) is 0 Å². The van der Waals surface area contributed by atoms with Crippen LogP contribution in [0.2, 0.25) is 0 Å². The molecular formula is C23H22N2O. The van der Waals surface area contributed by atoms with E-state index < -0.39 is 0 Å². The van der Waals surface area contributed by atoms with Crippen LogP contribution in [0, 0.1) is 6.92 Å². The third-order valence-electron chi connectivity index (χ3n) is 4.59. The highest BCUT2D eigenvalue weighted by Gasteiger charge is 2.05. The summed E-state index contributed by atoms with van der Waals surface area (Å²) in [5.41, 5.74) is 3.73. The molecule has 0 aliphatic rings. The minimum atomic E-state index is 0.639. The molecule has 0 unspecified atom stereocenters. The van der Waals surface area contributed by atoms with Gasteiger partial charge in [0.25, 0.3) is 0 Å². The van der Waals surface area contributed by atoms with Crippen molar-refractivity contribution in [3.63, 3.8) is 0 Å². The van der Waals surface area contributed by atoms with Gasteiger partial charge in [0.05, 0.1) is 12.1 Å². The monoisotopic (exact) mass is 342 g/mol. The summed E-state index contributed by atoms with van der Waals surface area (Å²) in [6.45, 7) is 2.59. The van der Waals surface area contributed by atoms with Crippen molar-refractivity contribution in [1.29, 1.82) is 0 Å². The first-order valence-corrected chi connectivity index (χ1v) is 9.00. The van der Waals surface area contributed by atoms with E-state index >= 15 is 0 Å². The van der Waals surface area contributed by atoms with Gasteiger partial charge in [-0.25, -0.2) is 4.98 Å². The fraction of sp³-hybridized carbons (Fsp3) is 0.174. The Hall–Kier alpha value is -3.07. The van der Waals surface area contributed by atoms with Crippen molar-refractivity contribution < 1.29 is 4.42 Å². The van der Waals surface area contributed by atoms with E-state index in [1.165, 1.54) is 16.5 Å². The highest BCUT2D eigenvalue weighted by atomic mass is 16.3. The molecule has 4 aromatic rings. The molecule has 0 bridgehead atoms. The van der Waals surface area contributed by atoms with E-state index in [0.29, 0.717) is 6.54 Å². The lowest BCUT2D eigenvalue weighted by atomic mass is 10.0. The van der Waals surface area contributed by atoms with Crippen molar-refractivity contribution >= 4 is 16.7 Å². The van der Waals surface area contributed by atoms with Crippen LogP contribution in [-0.4, -0.2) is 4.98 Å². The third-order valence-corrected chi connectivity index (χ3v) is 4.59. The van der Waals surface area contributed by atoms with Crippen LogP contribution < -0.4 is 5.32 Å². The molecule has 0 aliphatic carbocycles. The normalized spacial score (nSPS) is 11.0. The lowest BCUT2D eigenvalue weighted by Crippen LogP contribution is -2.01. The van der Waals surface area contributed by atoms with Crippen molar-refractivity contribution in [3.05, 3.63) is 95.4 Å². The molecule has 130 valence electrons. The molecule has 2 aromatic heterocycles. The zero-order valence-electron chi connectivity index (χ0n) is 14.9. The second-order valence-electron chi connectivity index (χ2n) is 6.53. The van der Waals surface area contributed by atoms with Crippen LogP contribution in [0.1, 0.15) is 22.6 Å². The van der Waals surface area contributed by atoms with Crippen LogP contribution in [-0.2, 0) is 19.4 Å². The number of furan rings is 1. The quantitative estimate of drug-likeness (QED) is 0.500. The molecule has 26 heavy (non-hydrogen) atoms. The molecule has 0 atom stereocenters. The predicted octanol–water partition coefficient (Wildman–Crippen LogP) is 5.53. The number of hydrogen-bond donors (Lipinski definition) is 1. The number of nitrogens with zero attached hydrogens (tertiary/aromatic N) is 1. The Morgan fingerprint density at radius 3 is 2.54 bits per heavy atom. The molecule has 3 heteroatoms. The Balaban J connectivity index is 1.49. The predicted molar refractivity (Wildman–Crippen MR) is 106 cm³/mol. The van der Waals surface area contributed by atoms with Crippen LogP contribution in [0.5, 0.6) is 0 Å². The van der Waals surface area contributed by atoms with Crippen LogP contribution in [0.4, 0.5) is 5.82 Å². The molecule has 2 aromatic carbocycles. The zero-order valence-corrected chi connectivity index (χ0v) is 14.9. The lowest BCUT2D eigenvalue weighted by molar-refractivity contribution is 0.490. The Labute approximate surface area is 153 Å². The van der Waals surface area contributed by atoms with Gasteiger partial charge in [-0.3, -0.25) is 0 Å². The van der Waals surface area contributed by atoms with Gasteiger partial charge in [0, 0.05) is 5.39 Å². The van der Waals surface area contributed by atoms with E-state index in [9.17, 15) is 0 Å². The van der Waals surface area contributed by atoms with Crippen molar-refractivity contribution in [3.8, 4) is 0 Å². The van der Waals surface area contributed by atoms with E-state index in [0.717, 1.165) is 35.7 Å². The molecule has 3 nitrogen and oxygen atoms in total. The number of aromatic nitrogens is 1. The number of hydrogen-bond acceptors (Lipinski definition) is 3.